The van der Waals surface area contributed by atoms with Crippen LogP contribution in [0.25, 0.3) is 0 Å². The summed E-state index contributed by atoms with van der Waals surface area (Å²) in [7, 11) is -2.60. The Labute approximate surface area is 217 Å². The van der Waals surface area contributed by atoms with Crippen LogP contribution >= 0.6 is 0 Å². The number of likely N-dealkylation sites (tertiary alicyclic amines) is 1. The number of para-hydroxylation sites is 1. The van der Waals surface area contributed by atoms with Gasteiger partial charge >= 0.3 is 0 Å². The van der Waals surface area contributed by atoms with E-state index >= 15 is 0 Å². The Morgan fingerprint density at radius 1 is 0.946 bits per heavy atom. The SMILES string of the molecule is COc1cccc(N(CC(=O)Nc2ccccc2C(=O)N2CCCCC2)S(=O)(=O)c2ccc(C)cc2)c1. The van der Waals surface area contributed by atoms with E-state index in [1.54, 1.807) is 65.6 Å². The maximum atomic E-state index is 13.7. The highest BCUT2D eigenvalue weighted by Gasteiger charge is 2.28. The predicted octanol–water partition coefficient (Wildman–Crippen LogP) is 4.46. The number of hydrogen-bond donors (Lipinski definition) is 1. The number of carbonyl (C=O) groups excluding carboxylic acids is 2. The quantitative estimate of drug-likeness (QED) is 0.472. The minimum Gasteiger partial charge on any atom is -0.497 e. The van der Waals surface area contributed by atoms with Crippen molar-refractivity contribution in [1.29, 1.82) is 0 Å². The molecule has 3 aromatic carbocycles. The van der Waals surface area contributed by atoms with E-state index in [0.717, 1.165) is 29.1 Å². The lowest BCUT2D eigenvalue weighted by Gasteiger charge is -2.28. The highest BCUT2D eigenvalue weighted by molar-refractivity contribution is 7.92. The number of sulfonamides is 1. The maximum Gasteiger partial charge on any atom is 0.264 e. The number of hydrogen-bond acceptors (Lipinski definition) is 5. The second kappa shape index (κ2) is 11.5. The van der Waals surface area contributed by atoms with Crippen LogP contribution in [-0.2, 0) is 14.8 Å². The molecule has 4 rings (SSSR count). The molecule has 194 valence electrons. The van der Waals surface area contributed by atoms with Gasteiger partial charge in [-0.3, -0.25) is 13.9 Å². The zero-order chi connectivity index (χ0) is 26.4. The molecule has 1 heterocycles. The Hall–Kier alpha value is -3.85. The lowest BCUT2D eigenvalue weighted by molar-refractivity contribution is -0.114. The molecule has 0 aromatic heterocycles. The van der Waals surface area contributed by atoms with Crippen LogP contribution in [0.1, 0.15) is 35.2 Å². The smallest absolute Gasteiger partial charge is 0.264 e. The van der Waals surface area contributed by atoms with Crippen LogP contribution in [0.15, 0.2) is 77.7 Å². The average molecular weight is 522 g/mol. The van der Waals surface area contributed by atoms with Crippen LogP contribution in [0.5, 0.6) is 5.75 Å². The van der Waals surface area contributed by atoms with Crippen LogP contribution in [0.2, 0.25) is 0 Å². The van der Waals surface area contributed by atoms with Gasteiger partial charge in [0.2, 0.25) is 5.91 Å². The Balaban J connectivity index is 1.63. The van der Waals surface area contributed by atoms with Crippen molar-refractivity contribution in [2.45, 2.75) is 31.1 Å². The normalized spacial score (nSPS) is 13.6. The number of amides is 2. The molecule has 37 heavy (non-hydrogen) atoms. The Bertz CT molecular complexity index is 1370. The van der Waals surface area contributed by atoms with E-state index < -0.39 is 22.5 Å². The summed E-state index contributed by atoms with van der Waals surface area (Å²) in [5.41, 5.74) is 1.93. The molecule has 8 nitrogen and oxygen atoms in total. The Morgan fingerprint density at radius 2 is 1.65 bits per heavy atom. The van der Waals surface area contributed by atoms with Crippen molar-refractivity contribution in [3.63, 3.8) is 0 Å². The van der Waals surface area contributed by atoms with Gasteiger partial charge in [-0.1, -0.05) is 35.9 Å². The summed E-state index contributed by atoms with van der Waals surface area (Å²) in [4.78, 5) is 28.3. The highest BCUT2D eigenvalue weighted by Crippen LogP contribution is 2.28. The second-order valence-corrected chi connectivity index (χ2v) is 10.8. The number of nitrogens with zero attached hydrogens (tertiary/aromatic N) is 2. The summed E-state index contributed by atoms with van der Waals surface area (Å²) in [5.74, 6) is -0.260. The number of methoxy groups -OCH3 is 1. The fourth-order valence-corrected chi connectivity index (χ4v) is 5.70. The summed E-state index contributed by atoms with van der Waals surface area (Å²) in [6, 6.07) is 19.8. The zero-order valence-electron chi connectivity index (χ0n) is 21.0. The molecule has 0 atom stereocenters. The molecule has 1 fully saturated rings. The van der Waals surface area contributed by atoms with Crippen LogP contribution in [0.3, 0.4) is 0 Å². The predicted molar refractivity (Wildman–Crippen MR) is 144 cm³/mol. The van der Waals surface area contributed by atoms with Crippen molar-refractivity contribution in [3.8, 4) is 5.75 Å². The molecule has 0 aliphatic carbocycles. The maximum absolute atomic E-state index is 13.7. The van der Waals surface area contributed by atoms with Gasteiger partial charge in [0.25, 0.3) is 15.9 Å². The summed E-state index contributed by atoms with van der Waals surface area (Å²) in [6.45, 7) is 2.74. The molecule has 0 saturated carbocycles. The highest BCUT2D eigenvalue weighted by atomic mass is 32.2. The molecule has 9 heteroatoms. The third-order valence-corrected chi connectivity index (χ3v) is 8.10. The monoisotopic (exact) mass is 521 g/mol. The molecule has 1 aliphatic rings. The number of ether oxygens (including phenoxy) is 1. The fraction of sp³-hybridized carbons (Fsp3) is 0.286. The van der Waals surface area contributed by atoms with Gasteiger partial charge < -0.3 is 15.0 Å². The van der Waals surface area contributed by atoms with Gasteiger partial charge in [0.05, 0.1) is 28.9 Å². The van der Waals surface area contributed by atoms with Gasteiger partial charge in [0.1, 0.15) is 12.3 Å². The van der Waals surface area contributed by atoms with Crippen molar-refractivity contribution in [1.82, 2.24) is 4.90 Å². The van der Waals surface area contributed by atoms with Crippen molar-refractivity contribution in [2.24, 2.45) is 0 Å². The molecule has 0 unspecified atom stereocenters. The number of rotatable bonds is 8. The first-order valence-electron chi connectivity index (χ1n) is 12.2. The van der Waals surface area contributed by atoms with Crippen LogP contribution in [0, 0.1) is 6.92 Å². The zero-order valence-corrected chi connectivity index (χ0v) is 21.8. The molecule has 0 spiro atoms. The summed E-state index contributed by atoms with van der Waals surface area (Å²) < 4.78 is 33.6. The van der Waals surface area contributed by atoms with E-state index in [2.05, 4.69) is 5.32 Å². The third-order valence-electron chi connectivity index (χ3n) is 6.31. The van der Waals surface area contributed by atoms with E-state index in [1.165, 1.54) is 19.2 Å². The van der Waals surface area contributed by atoms with E-state index in [1.807, 2.05) is 6.92 Å². The van der Waals surface area contributed by atoms with Gasteiger partial charge in [-0.2, -0.15) is 0 Å². The molecule has 2 amide bonds. The van der Waals surface area contributed by atoms with Crippen molar-refractivity contribution >= 4 is 33.2 Å². The second-order valence-electron chi connectivity index (χ2n) is 8.97. The Morgan fingerprint density at radius 3 is 2.35 bits per heavy atom. The van der Waals surface area contributed by atoms with E-state index in [4.69, 9.17) is 4.74 Å². The lowest BCUT2D eigenvalue weighted by atomic mass is 10.1. The van der Waals surface area contributed by atoms with Crippen LogP contribution in [0.4, 0.5) is 11.4 Å². The number of anilines is 2. The van der Waals surface area contributed by atoms with Crippen LogP contribution in [-0.4, -0.2) is 51.9 Å². The average Bonchev–Trinajstić information content (AvgIpc) is 2.92. The molecule has 0 bridgehead atoms. The molecule has 0 radical (unpaired) electrons. The van der Waals surface area contributed by atoms with Crippen molar-refractivity contribution < 1.29 is 22.7 Å². The number of carbonyl (C=O) groups is 2. The first kappa shape index (κ1) is 26.2. The van der Waals surface area contributed by atoms with Crippen molar-refractivity contribution in [2.75, 3.05) is 36.4 Å². The van der Waals surface area contributed by atoms with E-state index in [-0.39, 0.29) is 16.5 Å². The van der Waals surface area contributed by atoms with Crippen LogP contribution < -0.4 is 14.4 Å². The number of nitrogens with one attached hydrogen (secondary N) is 1. The minimum absolute atomic E-state index is 0.0643. The van der Waals surface area contributed by atoms with Gasteiger partial charge in [0.15, 0.2) is 0 Å². The van der Waals surface area contributed by atoms with E-state index in [9.17, 15) is 18.0 Å². The number of piperidine rings is 1. The van der Waals surface area contributed by atoms with Crippen molar-refractivity contribution in [3.05, 3.63) is 83.9 Å². The molecular weight excluding hydrogens is 490 g/mol. The summed E-state index contributed by atoms with van der Waals surface area (Å²) in [6.07, 6.45) is 3.00. The van der Waals surface area contributed by atoms with Gasteiger partial charge in [-0.15, -0.1) is 0 Å². The largest absolute Gasteiger partial charge is 0.497 e. The third kappa shape index (κ3) is 6.11. The summed E-state index contributed by atoms with van der Waals surface area (Å²) >= 11 is 0. The number of aryl methyl sites for hydroxylation is 1. The molecule has 1 saturated heterocycles. The van der Waals surface area contributed by atoms with Gasteiger partial charge in [0, 0.05) is 19.2 Å². The van der Waals surface area contributed by atoms with E-state index in [0.29, 0.717) is 30.1 Å². The first-order valence-corrected chi connectivity index (χ1v) is 13.7. The number of benzene rings is 3. The van der Waals surface area contributed by atoms with Gasteiger partial charge in [-0.05, 0) is 62.6 Å². The molecule has 1 N–H and O–H groups in total. The molecule has 3 aromatic rings. The lowest BCUT2D eigenvalue weighted by Crippen LogP contribution is -2.39. The van der Waals surface area contributed by atoms with Gasteiger partial charge in [-0.25, -0.2) is 8.42 Å². The standard InChI is InChI=1S/C28H31N3O5S/c1-21-13-15-24(16-14-21)37(34,35)31(22-9-8-10-23(19-22)36-2)20-27(32)29-26-12-5-4-11-25(26)28(33)30-17-6-3-7-18-30/h4-5,8-16,19H,3,6-7,17-18,20H2,1-2H3,(H,29,32). The molecule has 1 aliphatic heterocycles. The molecular formula is C28H31N3O5S. The summed E-state index contributed by atoms with van der Waals surface area (Å²) in [5, 5.41) is 2.77. The Kier molecular flexibility index (Phi) is 8.13. The first-order chi connectivity index (χ1) is 17.8. The fourth-order valence-electron chi connectivity index (χ4n) is 4.28. The minimum atomic E-state index is -4.09. The topological polar surface area (TPSA) is 96.0 Å².